The van der Waals surface area contributed by atoms with Crippen LogP contribution in [0, 0.1) is 5.82 Å². The molecule has 1 heterocycles. The SMILES string of the molecule is CCNc1nc(Nc2cccc(S(=O)(=O)NC)c2)ncc1-c1ccc(F)c(OC)c1. The molecule has 0 aliphatic heterocycles. The van der Waals surface area contributed by atoms with Crippen molar-refractivity contribution in [2.75, 3.05) is 31.3 Å². The van der Waals surface area contributed by atoms with Gasteiger partial charge in [0.1, 0.15) is 5.82 Å². The van der Waals surface area contributed by atoms with E-state index < -0.39 is 15.8 Å². The predicted octanol–water partition coefficient (Wildman–Crippen LogP) is 3.37. The van der Waals surface area contributed by atoms with Gasteiger partial charge in [0.05, 0.1) is 12.0 Å². The molecule has 8 nitrogen and oxygen atoms in total. The number of benzene rings is 2. The first-order valence-corrected chi connectivity index (χ1v) is 10.6. The lowest BCUT2D eigenvalue weighted by atomic mass is 10.1. The van der Waals surface area contributed by atoms with E-state index >= 15 is 0 Å². The maximum Gasteiger partial charge on any atom is 0.240 e. The molecule has 30 heavy (non-hydrogen) atoms. The Labute approximate surface area is 174 Å². The van der Waals surface area contributed by atoms with Gasteiger partial charge >= 0.3 is 0 Å². The number of hydrogen-bond donors (Lipinski definition) is 3. The van der Waals surface area contributed by atoms with Crippen LogP contribution < -0.4 is 20.1 Å². The van der Waals surface area contributed by atoms with Gasteiger partial charge in [-0.2, -0.15) is 4.98 Å². The van der Waals surface area contributed by atoms with E-state index in [0.29, 0.717) is 29.2 Å². The van der Waals surface area contributed by atoms with E-state index in [1.54, 1.807) is 30.5 Å². The number of nitrogens with one attached hydrogen (secondary N) is 3. The van der Waals surface area contributed by atoms with Crippen LogP contribution in [0.4, 0.5) is 21.8 Å². The lowest BCUT2D eigenvalue weighted by Crippen LogP contribution is -2.18. The van der Waals surface area contributed by atoms with Crippen molar-refractivity contribution in [3.05, 3.63) is 54.5 Å². The largest absolute Gasteiger partial charge is 0.494 e. The van der Waals surface area contributed by atoms with Gasteiger partial charge in [-0.1, -0.05) is 12.1 Å². The van der Waals surface area contributed by atoms with Crippen molar-refractivity contribution in [1.82, 2.24) is 14.7 Å². The Balaban J connectivity index is 1.95. The number of rotatable bonds is 8. The monoisotopic (exact) mass is 431 g/mol. The Hall–Kier alpha value is -3.24. The van der Waals surface area contributed by atoms with E-state index in [4.69, 9.17) is 4.74 Å². The highest BCUT2D eigenvalue weighted by atomic mass is 32.2. The van der Waals surface area contributed by atoms with Crippen LogP contribution in [0.2, 0.25) is 0 Å². The summed E-state index contributed by atoms with van der Waals surface area (Å²) < 4.78 is 45.1. The van der Waals surface area contributed by atoms with E-state index in [0.717, 1.165) is 0 Å². The minimum absolute atomic E-state index is 0.122. The van der Waals surface area contributed by atoms with E-state index in [1.165, 1.54) is 32.4 Å². The van der Waals surface area contributed by atoms with Crippen LogP contribution in [-0.2, 0) is 10.0 Å². The van der Waals surface area contributed by atoms with E-state index in [-0.39, 0.29) is 16.6 Å². The molecule has 0 amide bonds. The summed E-state index contributed by atoms with van der Waals surface area (Å²) in [4.78, 5) is 8.93. The molecule has 1 aromatic heterocycles. The van der Waals surface area contributed by atoms with Crippen LogP contribution in [0.5, 0.6) is 5.75 Å². The molecular weight excluding hydrogens is 409 g/mol. The molecule has 0 bridgehead atoms. The van der Waals surface area contributed by atoms with Crippen molar-refractivity contribution < 1.29 is 17.5 Å². The maximum absolute atomic E-state index is 13.8. The van der Waals surface area contributed by atoms with Crippen molar-refractivity contribution >= 4 is 27.5 Å². The molecule has 0 unspecified atom stereocenters. The molecule has 0 spiro atoms. The van der Waals surface area contributed by atoms with Crippen molar-refractivity contribution in [3.63, 3.8) is 0 Å². The summed E-state index contributed by atoms with van der Waals surface area (Å²) in [5, 5.41) is 6.18. The number of hydrogen-bond acceptors (Lipinski definition) is 7. The zero-order valence-electron chi connectivity index (χ0n) is 16.7. The molecule has 0 saturated carbocycles. The molecule has 0 aliphatic rings. The lowest BCUT2D eigenvalue weighted by Gasteiger charge is -2.13. The Morgan fingerprint density at radius 1 is 1.17 bits per heavy atom. The van der Waals surface area contributed by atoms with Gasteiger partial charge in [0.2, 0.25) is 16.0 Å². The fourth-order valence-electron chi connectivity index (χ4n) is 2.77. The second kappa shape index (κ2) is 9.06. The highest BCUT2D eigenvalue weighted by Gasteiger charge is 2.14. The standard InChI is InChI=1S/C20H22FN5O3S/c1-4-23-19-16(13-8-9-17(21)18(10-13)29-3)12-24-20(26-19)25-14-6-5-7-15(11-14)30(27,28)22-2/h5-12,22H,4H2,1-3H3,(H2,23,24,25,26). The molecule has 2 aromatic carbocycles. The number of methoxy groups -OCH3 is 1. The average Bonchev–Trinajstić information content (AvgIpc) is 2.75. The van der Waals surface area contributed by atoms with Crippen LogP contribution in [-0.4, -0.2) is 39.1 Å². The third-order valence-electron chi connectivity index (χ3n) is 4.26. The summed E-state index contributed by atoms with van der Waals surface area (Å²) in [6, 6.07) is 10.8. The summed E-state index contributed by atoms with van der Waals surface area (Å²) >= 11 is 0. The van der Waals surface area contributed by atoms with Gasteiger partial charge in [-0.15, -0.1) is 0 Å². The average molecular weight is 431 g/mol. The van der Waals surface area contributed by atoms with Crippen molar-refractivity contribution in [2.24, 2.45) is 0 Å². The third-order valence-corrected chi connectivity index (χ3v) is 5.68. The lowest BCUT2D eigenvalue weighted by molar-refractivity contribution is 0.387. The van der Waals surface area contributed by atoms with Crippen molar-refractivity contribution in [1.29, 1.82) is 0 Å². The molecule has 158 valence electrons. The number of halogens is 1. The Bertz CT molecular complexity index is 1150. The van der Waals surface area contributed by atoms with E-state index in [9.17, 15) is 12.8 Å². The van der Waals surface area contributed by atoms with Gasteiger partial charge in [0, 0.05) is 24.0 Å². The molecule has 10 heteroatoms. The van der Waals surface area contributed by atoms with Gasteiger partial charge < -0.3 is 15.4 Å². The molecule has 0 radical (unpaired) electrons. The predicted molar refractivity (Wildman–Crippen MR) is 114 cm³/mol. The summed E-state index contributed by atoms with van der Waals surface area (Å²) in [6.45, 7) is 2.54. The van der Waals surface area contributed by atoms with Crippen LogP contribution in [0.25, 0.3) is 11.1 Å². The number of sulfonamides is 1. The molecular formula is C20H22FN5O3S. The molecule has 3 aromatic rings. The molecule has 0 fully saturated rings. The molecule has 0 atom stereocenters. The number of nitrogens with zero attached hydrogens (tertiary/aromatic N) is 2. The first-order chi connectivity index (χ1) is 14.4. The minimum Gasteiger partial charge on any atom is -0.494 e. The van der Waals surface area contributed by atoms with Crippen molar-refractivity contribution in [3.8, 4) is 16.9 Å². The van der Waals surface area contributed by atoms with Crippen LogP contribution in [0.1, 0.15) is 6.92 Å². The van der Waals surface area contributed by atoms with Gasteiger partial charge in [0.15, 0.2) is 11.6 Å². The quantitative estimate of drug-likeness (QED) is 0.502. The summed E-state index contributed by atoms with van der Waals surface area (Å²) in [7, 11) is -0.815. The van der Waals surface area contributed by atoms with Gasteiger partial charge in [-0.05, 0) is 49.9 Å². The first kappa shape index (κ1) is 21.5. The number of anilines is 3. The Morgan fingerprint density at radius 3 is 2.67 bits per heavy atom. The molecule has 3 rings (SSSR count). The normalized spacial score (nSPS) is 11.2. The Kier molecular flexibility index (Phi) is 6.48. The highest BCUT2D eigenvalue weighted by molar-refractivity contribution is 7.89. The first-order valence-electron chi connectivity index (χ1n) is 9.13. The maximum atomic E-state index is 13.8. The fourth-order valence-corrected chi connectivity index (χ4v) is 3.55. The van der Waals surface area contributed by atoms with E-state index in [1.807, 2.05) is 6.92 Å². The topological polar surface area (TPSA) is 105 Å². The van der Waals surface area contributed by atoms with Crippen LogP contribution >= 0.6 is 0 Å². The zero-order valence-corrected chi connectivity index (χ0v) is 17.5. The number of ether oxygens (including phenoxy) is 1. The minimum atomic E-state index is -3.57. The third kappa shape index (κ3) is 4.66. The number of aromatic nitrogens is 2. The summed E-state index contributed by atoms with van der Waals surface area (Å²) in [5.74, 6) is 0.493. The van der Waals surface area contributed by atoms with E-state index in [2.05, 4.69) is 25.3 Å². The molecule has 0 saturated heterocycles. The van der Waals surface area contributed by atoms with Gasteiger partial charge in [-0.25, -0.2) is 22.5 Å². The highest BCUT2D eigenvalue weighted by Crippen LogP contribution is 2.31. The van der Waals surface area contributed by atoms with Gasteiger partial charge in [-0.3, -0.25) is 0 Å². The van der Waals surface area contributed by atoms with Gasteiger partial charge in [0.25, 0.3) is 0 Å². The van der Waals surface area contributed by atoms with Crippen molar-refractivity contribution in [2.45, 2.75) is 11.8 Å². The smallest absolute Gasteiger partial charge is 0.240 e. The Morgan fingerprint density at radius 2 is 1.97 bits per heavy atom. The molecule has 0 aliphatic carbocycles. The second-order valence-corrected chi connectivity index (χ2v) is 8.08. The zero-order chi connectivity index (χ0) is 21.7. The second-order valence-electron chi connectivity index (χ2n) is 6.20. The summed E-state index contributed by atoms with van der Waals surface area (Å²) in [6.07, 6.45) is 1.61. The molecule has 3 N–H and O–H groups in total. The summed E-state index contributed by atoms with van der Waals surface area (Å²) in [5.41, 5.74) is 1.88. The fraction of sp³-hybridized carbons (Fsp3) is 0.200. The van der Waals surface area contributed by atoms with Crippen LogP contribution in [0.3, 0.4) is 0 Å². The van der Waals surface area contributed by atoms with Crippen LogP contribution in [0.15, 0.2) is 53.6 Å².